The van der Waals surface area contributed by atoms with Gasteiger partial charge in [0.15, 0.2) is 0 Å². The van der Waals surface area contributed by atoms with E-state index in [1.807, 2.05) is 6.92 Å². The maximum Gasteiger partial charge on any atom is 0.256 e. The number of aromatic nitrogens is 2. The molecule has 2 aliphatic rings. The summed E-state index contributed by atoms with van der Waals surface area (Å²) in [6.07, 6.45) is 11.2. The summed E-state index contributed by atoms with van der Waals surface area (Å²) in [7, 11) is 2.28. The highest BCUT2D eigenvalue weighted by Gasteiger charge is 2.23. The Bertz CT molecular complexity index is 577. The van der Waals surface area contributed by atoms with Crippen LogP contribution in [0.4, 0.5) is 0 Å². The van der Waals surface area contributed by atoms with Crippen LogP contribution in [-0.2, 0) is 6.54 Å². The maximum absolute atomic E-state index is 12.1. The van der Waals surface area contributed by atoms with Crippen LogP contribution in [0.25, 0.3) is 0 Å². The predicted molar refractivity (Wildman–Crippen MR) is 97.3 cm³/mol. The molecule has 0 saturated carbocycles. The minimum Gasteiger partial charge on any atom is -0.303 e. The van der Waals surface area contributed by atoms with Crippen LogP contribution in [-0.4, -0.2) is 58.6 Å². The van der Waals surface area contributed by atoms with Crippen molar-refractivity contribution in [1.29, 1.82) is 0 Å². The Morgan fingerprint density at radius 2 is 1.96 bits per heavy atom. The van der Waals surface area contributed by atoms with Crippen molar-refractivity contribution in [2.24, 2.45) is 5.92 Å². The number of piperidine rings is 2. The standard InChI is InChI=1S/C19H32N4O/c1-16-13-20-15-23(19(16)24)14-17-6-10-22(11-7-17)12-8-18-5-3-4-9-21(18)2/h13,15,17-18H,3-12,14H2,1-2H3. The third-order valence-electron chi connectivity index (χ3n) is 5.93. The Labute approximate surface area is 145 Å². The molecule has 2 aliphatic heterocycles. The van der Waals surface area contributed by atoms with Gasteiger partial charge >= 0.3 is 0 Å². The van der Waals surface area contributed by atoms with Gasteiger partial charge in [-0.15, -0.1) is 0 Å². The van der Waals surface area contributed by atoms with E-state index in [0.29, 0.717) is 5.92 Å². The first-order valence-corrected chi connectivity index (χ1v) is 9.57. The molecule has 0 amide bonds. The van der Waals surface area contributed by atoms with Gasteiger partial charge in [0.1, 0.15) is 0 Å². The van der Waals surface area contributed by atoms with Crippen LogP contribution in [0.2, 0.25) is 0 Å². The van der Waals surface area contributed by atoms with Crippen molar-refractivity contribution < 1.29 is 0 Å². The van der Waals surface area contributed by atoms with E-state index in [1.165, 1.54) is 64.7 Å². The van der Waals surface area contributed by atoms with Gasteiger partial charge in [0.2, 0.25) is 0 Å². The quantitative estimate of drug-likeness (QED) is 0.828. The molecule has 0 aliphatic carbocycles. The molecule has 3 rings (SSSR count). The maximum atomic E-state index is 12.1. The molecule has 1 atom stereocenters. The molecule has 1 aromatic rings. The first kappa shape index (κ1) is 17.6. The van der Waals surface area contributed by atoms with Gasteiger partial charge in [0.25, 0.3) is 5.56 Å². The number of aryl methyl sites for hydroxylation is 1. The van der Waals surface area contributed by atoms with Crippen molar-refractivity contribution in [3.8, 4) is 0 Å². The number of rotatable bonds is 5. The summed E-state index contributed by atoms with van der Waals surface area (Å²) >= 11 is 0. The zero-order valence-electron chi connectivity index (χ0n) is 15.3. The predicted octanol–water partition coefficient (Wildman–Crippen LogP) is 2.14. The summed E-state index contributed by atoms with van der Waals surface area (Å²) < 4.78 is 1.80. The lowest BCUT2D eigenvalue weighted by Gasteiger charge is -2.36. The molecule has 0 bridgehead atoms. The zero-order chi connectivity index (χ0) is 16.9. The zero-order valence-corrected chi connectivity index (χ0v) is 15.3. The lowest BCUT2D eigenvalue weighted by atomic mass is 9.95. The third kappa shape index (κ3) is 4.45. The van der Waals surface area contributed by atoms with Crippen LogP contribution in [0, 0.1) is 12.8 Å². The lowest BCUT2D eigenvalue weighted by Crippen LogP contribution is -2.41. The van der Waals surface area contributed by atoms with Gasteiger partial charge in [0, 0.05) is 24.3 Å². The highest BCUT2D eigenvalue weighted by molar-refractivity contribution is 5.00. The second-order valence-corrected chi connectivity index (χ2v) is 7.74. The van der Waals surface area contributed by atoms with Crippen LogP contribution in [0.5, 0.6) is 0 Å². The highest BCUT2D eigenvalue weighted by atomic mass is 16.1. The van der Waals surface area contributed by atoms with Crippen LogP contribution in [0.15, 0.2) is 17.3 Å². The van der Waals surface area contributed by atoms with E-state index < -0.39 is 0 Å². The smallest absolute Gasteiger partial charge is 0.256 e. The monoisotopic (exact) mass is 332 g/mol. The molecule has 2 fully saturated rings. The van der Waals surface area contributed by atoms with E-state index in [1.54, 1.807) is 17.1 Å². The average molecular weight is 332 g/mol. The first-order valence-electron chi connectivity index (χ1n) is 9.57. The van der Waals surface area contributed by atoms with Crippen LogP contribution in [0.1, 0.15) is 44.1 Å². The molecule has 0 spiro atoms. The number of hydrogen-bond acceptors (Lipinski definition) is 4. The molecule has 5 heteroatoms. The summed E-state index contributed by atoms with van der Waals surface area (Å²) in [6, 6.07) is 0.786. The Balaban J connectivity index is 1.42. The van der Waals surface area contributed by atoms with E-state index in [4.69, 9.17) is 0 Å². The second-order valence-electron chi connectivity index (χ2n) is 7.74. The van der Waals surface area contributed by atoms with Gasteiger partial charge in [-0.2, -0.15) is 0 Å². The summed E-state index contributed by atoms with van der Waals surface area (Å²) in [5, 5.41) is 0. The summed E-state index contributed by atoms with van der Waals surface area (Å²) in [5.41, 5.74) is 0.860. The average Bonchev–Trinajstić information content (AvgIpc) is 2.59. The number of likely N-dealkylation sites (tertiary alicyclic amines) is 2. The van der Waals surface area contributed by atoms with Gasteiger partial charge in [0.05, 0.1) is 6.33 Å². The highest BCUT2D eigenvalue weighted by Crippen LogP contribution is 2.21. The molecule has 0 aromatic carbocycles. The van der Waals surface area contributed by atoms with Crippen LogP contribution in [0.3, 0.4) is 0 Å². The molecule has 0 N–H and O–H groups in total. The van der Waals surface area contributed by atoms with Gasteiger partial charge in [-0.25, -0.2) is 4.98 Å². The minimum atomic E-state index is 0.118. The fourth-order valence-electron chi connectivity index (χ4n) is 4.20. The Morgan fingerprint density at radius 1 is 1.17 bits per heavy atom. The fraction of sp³-hybridized carbons (Fsp3) is 0.789. The van der Waals surface area contributed by atoms with Crippen molar-refractivity contribution in [2.45, 2.75) is 58.0 Å². The molecular formula is C19H32N4O. The Kier molecular flexibility index (Phi) is 6.06. The minimum absolute atomic E-state index is 0.118. The van der Waals surface area contributed by atoms with E-state index >= 15 is 0 Å². The fourth-order valence-corrected chi connectivity index (χ4v) is 4.20. The summed E-state index contributed by atoms with van der Waals surface area (Å²) in [4.78, 5) is 21.5. The molecule has 5 nitrogen and oxygen atoms in total. The SMILES string of the molecule is Cc1cncn(CC2CCN(CCC3CCCCN3C)CC2)c1=O. The largest absolute Gasteiger partial charge is 0.303 e. The summed E-state index contributed by atoms with van der Waals surface area (Å²) in [5.74, 6) is 0.611. The second kappa shape index (κ2) is 8.26. The van der Waals surface area contributed by atoms with E-state index in [2.05, 4.69) is 21.8 Å². The van der Waals surface area contributed by atoms with E-state index in [9.17, 15) is 4.79 Å². The normalized spacial score (nSPS) is 24.3. The van der Waals surface area contributed by atoms with Crippen molar-refractivity contribution in [3.63, 3.8) is 0 Å². The molecule has 1 unspecified atom stereocenters. The molecule has 24 heavy (non-hydrogen) atoms. The lowest BCUT2D eigenvalue weighted by molar-refractivity contribution is 0.130. The molecule has 3 heterocycles. The van der Waals surface area contributed by atoms with Gasteiger partial charge in [-0.05, 0) is 78.2 Å². The molecule has 134 valence electrons. The third-order valence-corrected chi connectivity index (χ3v) is 5.93. The van der Waals surface area contributed by atoms with Crippen molar-refractivity contribution in [2.75, 3.05) is 33.2 Å². The van der Waals surface area contributed by atoms with Crippen LogP contribution < -0.4 is 5.56 Å². The van der Waals surface area contributed by atoms with Gasteiger partial charge < -0.3 is 9.80 Å². The van der Waals surface area contributed by atoms with Crippen molar-refractivity contribution >= 4 is 0 Å². The summed E-state index contributed by atoms with van der Waals surface area (Å²) in [6.45, 7) is 7.52. The molecule has 2 saturated heterocycles. The molecule has 1 aromatic heterocycles. The Morgan fingerprint density at radius 3 is 2.71 bits per heavy atom. The van der Waals surface area contributed by atoms with Gasteiger partial charge in [-0.1, -0.05) is 6.42 Å². The van der Waals surface area contributed by atoms with Crippen molar-refractivity contribution in [3.05, 3.63) is 28.4 Å². The first-order chi connectivity index (χ1) is 11.6. The molecular weight excluding hydrogens is 300 g/mol. The van der Waals surface area contributed by atoms with Crippen LogP contribution >= 0.6 is 0 Å². The topological polar surface area (TPSA) is 41.4 Å². The number of hydrogen-bond donors (Lipinski definition) is 0. The van der Waals surface area contributed by atoms with Crippen molar-refractivity contribution in [1.82, 2.24) is 19.4 Å². The molecule has 0 radical (unpaired) electrons. The number of nitrogens with zero attached hydrogens (tertiary/aromatic N) is 4. The van der Waals surface area contributed by atoms with E-state index in [0.717, 1.165) is 18.2 Å². The van der Waals surface area contributed by atoms with E-state index in [-0.39, 0.29) is 5.56 Å². The van der Waals surface area contributed by atoms with Gasteiger partial charge in [-0.3, -0.25) is 9.36 Å². The Hall–Kier alpha value is -1.20.